The van der Waals surface area contributed by atoms with E-state index in [-0.39, 0.29) is 18.0 Å². The van der Waals surface area contributed by atoms with Crippen LogP contribution in [0.15, 0.2) is 42.7 Å². The van der Waals surface area contributed by atoms with Crippen molar-refractivity contribution in [1.82, 2.24) is 20.0 Å². The van der Waals surface area contributed by atoms with E-state index in [0.717, 1.165) is 18.5 Å². The predicted molar refractivity (Wildman–Crippen MR) is 91.0 cm³/mol. The molecule has 1 fully saturated rings. The Balaban J connectivity index is 1.54. The summed E-state index contributed by atoms with van der Waals surface area (Å²) in [4.78, 5) is 25.3. The zero-order valence-electron chi connectivity index (χ0n) is 13.6. The first-order valence-electron chi connectivity index (χ1n) is 8.05. The topological polar surface area (TPSA) is 79.3 Å². The molecule has 126 valence electrons. The third-order valence-electron chi connectivity index (χ3n) is 4.15. The summed E-state index contributed by atoms with van der Waals surface area (Å²) in [6, 6.07) is 9.21. The van der Waals surface area contributed by atoms with E-state index >= 15 is 0 Å². The number of likely N-dealkylation sites (tertiary alicyclic amines) is 1. The van der Waals surface area contributed by atoms with E-state index in [1.807, 2.05) is 41.4 Å². The molecule has 0 radical (unpaired) electrons. The molecular weight excluding hydrogens is 306 g/mol. The zero-order valence-corrected chi connectivity index (χ0v) is 13.6. The second-order valence-electron chi connectivity index (χ2n) is 5.88. The van der Waals surface area contributed by atoms with Crippen molar-refractivity contribution in [2.75, 3.05) is 18.4 Å². The molecule has 2 N–H and O–H groups in total. The number of benzene rings is 1. The predicted octanol–water partition coefficient (Wildman–Crippen LogP) is 2.00. The standard InChI is InChI=1S/C17H21N5O2/c1-13(23)21-10-6-14(7-11-21)19-17(24)20-15-4-2-5-16(12-15)22-9-3-8-18-22/h2-5,8-9,12,14H,6-7,10-11H2,1H3,(H2,19,20,24). The fourth-order valence-electron chi connectivity index (χ4n) is 2.84. The normalized spacial score (nSPS) is 15.1. The molecule has 0 spiro atoms. The third kappa shape index (κ3) is 3.92. The molecule has 1 aliphatic rings. The molecular formula is C17H21N5O2. The number of aromatic nitrogens is 2. The van der Waals surface area contributed by atoms with Crippen molar-refractivity contribution < 1.29 is 9.59 Å². The largest absolute Gasteiger partial charge is 0.343 e. The van der Waals surface area contributed by atoms with Crippen molar-refractivity contribution in [3.63, 3.8) is 0 Å². The van der Waals surface area contributed by atoms with Crippen molar-refractivity contribution in [1.29, 1.82) is 0 Å². The van der Waals surface area contributed by atoms with Gasteiger partial charge in [-0.15, -0.1) is 0 Å². The molecule has 0 unspecified atom stereocenters. The number of nitrogens with zero attached hydrogens (tertiary/aromatic N) is 3. The average Bonchev–Trinajstić information content (AvgIpc) is 3.10. The number of hydrogen-bond acceptors (Lipinski definition) is 3. The summed E-state index contributed by atoms with van der Waals surface area (Å²) in [7, 11) is 0. The van der Waals surface area contributed by atoms with Crippen LogP contribution in [0.4, 0.5) is 10.5 Å². The number of carbonyl (C=O) groups excluding carboxylic acids is 2. The first kappa shape index (κ1) is 16.0. The molecule has 2 heterocycles. The Morgan fingerprint density at radius 3 is 2.67 bits per heavy atom. The fraction of sp³-hybridized carbons (Fsp3) is 0.353. The van der Waals surface area contributed by atoms with Gasteiger partial charge < -0.3 is 15.5 Å². The monoisotopic (exact) mass is 327 g/mol. The van der Waals surface area contributed by atoms with Gasteiger partial charge in [-0.25, -0.2) is 9.48 Å². The van der Waals surface area contributed by atoms with Gasteiger partial charge in [0.1, 0.15) is 0 Å². The summed E-state index contributed by atoms with van der Waals surface area (Å²) in [6.07, 6.45) is 5.11. The number of anilines is 1. The van der Waals surface area contributed by atoms with Gasteiger partial charge in [-0.1, -0.05) is 6.07 Å². The number of rotatable bonds is 3. The van der Waals surface area contributed by atoms with Gasteiger partial charge in [0.25, 0.3) is 0 Å². The van der Waals surface area contributed by atoms with Crippen LogP contribution >= 0.6 is 0 Å². The maximum Gasteiger partial charge on any atom is 0.319 e. The van der Waals surface area contributed by atoms with Gasteiger partial charge >= 0.3 is 6.03 Å². The van der Waals surface area contributed by atoms with Gasteiger partial charge in [0.2, 0.25) is 5.91 Å². The Labute approximate surface area is 140 Å². The minimum atomic E-state index is -0.228. The summed E-state index contributed by atoms with van der Waals surface area (Å²) < 4.78 is 1.74. The van der Waals surface area contributed by atoms with Gasteiger partial charge in [0.05, 0.1) is 5.69 Å². The Morgan fingerprint density at radius 2 is 2.00 bits per heavy atom. The molecule has 3 rings (SSSR count). The van der Waals surface area contributed by atoms with E-state index in [1.54, 1.807) is 17.8 Å². The molecule has 0 bridgehead atoms. The third-order valence-corrected chi connectivity index (χ3v) is 4.15. The Kier molecular flexibility index (Phi) is 4.79. The molecule has 2 aromatic rings. The highest BCUT2D eigenvalue weighted by Gasteiger charge is 2.21. The Morgan fingerprint density at radius 1 is 1.21 bits per heavy atom. The molecule has 24 heavy (non-hydrogen) atoms. The molecule has 1 aromatic heterocycles. The van der Waals surface area contributed by atoms with Gasteiger partial charge in [-0.2, -0.15) is 5.10 Å². The molecule has 0 saturated carbocycles. The summed E-state index contributed by atoms with van der Waals surface area (Å²) in [5, 5.41) is 10.0. The van der Waals surface area contributed by atoms with Crippen molar-refractivity contribution >= 4 is 17.6 Å². The van der Waals surface area contributed by atoms with Crippen LogP contribution in [0, 0.1) is 0 Å². The zero-order chi connectivity index (χ0) is 16.9. The summed E-state index contributed by atoms with van der Waals surface area (Å²) in [5.74, 6) is 0.0911. The lowest BCUT2D eigenvalue weighted by molar-refractivity contribution is -0.129. The van der Waals surface area contributed by atoms with Gasteiger partial charge in [0, 0.05) is 44.1 Å². The van der Waals surface area contributed by atoms with Crippen molar-refractivity contribution in [2.24, 2.45) is 0 Å². The number of nitrogens with one attached hydrogen (secondary N) is 2. The van der Waals surface area contributed by atoms with E-state index in [1.165, 1.54) is 0 Å². The molecule has 3 amide bonds. The molecule has 7 nitrogen and oxygen atoms in total. The lowest BCUT2D eigenvalue weighted by atomic mass is 10.1. The minimum Gasteiger partial charge on any atom is -0.343 e. The van der Waals surface area contributed by atoms with Crippen LogP contribution in [-0.4, -0.2) is 45.8 Å². The summed E-state index contributed by atoms with van der Waals surface area (Å²) in [6.45, 7) is 2.96. The minimum absolute atomic E-state index is 0.0911. The maximum atomic E-state index is 12.2. The summed E-state index contributed by atoms with van der Waals surface area (Å²) >= 11 is 0. The van der Waals surface area contributed by atoms with Crippen LogP contribution in [-0.2, 0) is 4.79 Å². The Bertz CT molecular complexity index is 706. The van der Waals surface area contributed by atoms with Crippen LogP contribution in [0.2, 0.25) is 0 Å². The van der Waals surface area contributed by atoms with Gasteiger partial charge in [-0.3, -0.25) is 4.79 Å². The van der Waals surface area contributed by atoms with E-state index in [0.29, 0.717) is 18.8 Å². The number of piperidine rings is 1. The molecule has 1 aliphatic heterocycles. The van der Waals surface area contributed by atoms with Gasteiger partial charge in [-0.05, 0) is 37.1 Å². The van der Waals surface area contributed by atoms with Crippen LogP contribution < -0.4 is 10.6 Å². The molecule has 1 aromatic carbocycles. The molecule has 0 atom stereocenters. The van der Waals surface area contributed by atoms with E-state index in [2.05, 4.69) is 15.7 Å². The SMILES string of the molecule is CC(=O)N1CCC(NC(=O)Nc2cccc(-n3cccn3)c2)CC1. The second kappa shape index (κ2) is 7.16. The number of amides is 3. The first-order chi connectivity index (χ1) is 11.6. The van der Waals surface area contributed by atoms with E-state index < -0.39 is 0 Å². The number of urea groups is 1. The Hall–Kier alpha value is -2.83. The van der Waals surface area contributed by atoms with E-state index in [4.69, 9.17) is 0 Å². The highest BCUT2D eigenvalue weighted by Crippen LogP contribution is 2.15. The molecule has 1 saturated heterocycles. The lowest BCUT2D eigenvalue weighted by Crippen LogP contribution is -2.47. The lowest BCUT2D eigenvalue weighted by Gasteiger charge is -2.31. The van der Waals surface area contributed by atoms with Crippen molar-refractivity contribution in [3.8, 4) is 5.69 Å². The molecule has 0 aliphatic carbocycles. The van der Waals surface area contributed by atoms with E-state index in [9.17, 15) is 9.59 Å². The smallest absolute Gasteiger partial charge is 0.319 e. The van der Waals surface area contributed by atoms with Crippen molar-refractivity contribution in [3.05, 3.63) is 42.7 Å². The average molecular weight is 327 g/mol. The van der Waals surface area contributed by atoms with Crippen LogP contribution in [0.3, 0.4) is 0 Å². The van der Waals surface area contributed by atoms with Crippen molar-refractivity contribution in [2.45, 2.75) is 25.8 Å². The quantitative estimate of drug-likeness (QED) is 0.905. The number of hydrogen-bond donors (Lipinski definition) is 2. The summed E-state index contributed by atoms with van der Waals surface area (Å²) in [5.41, 5.74) is 1.59. The maximum absolute atomic E-state index is 12.2. The van der Waals surface area contributed by atoms with Crippen LogP contribution in [0.5, 0.6) is 0 Å². The first-order valence-corrected chi connectivity index (χ1v) is 8.05. The number of carbonyl (C=O) groups is 2. The second-order valence-corrected chi connectivity index (χ2v) is 5.88. The van der Waals surface area contributed by atoms with Crippen LogP contribution in [0.25, 0.3) is 5.69 Å². The van der Waals surface area contributed by atoms with Crippen LogP contribution in [0.1, 0.15) is 19.8 Å². The molecule has 7 heteroatoms. The van der Waals surface area contributed by atoms with Gasteiger partial charge in [0.15, 0.2) is 0 Å². The highest BCUT2D eigenvalue weighted by molar-refractivity contribution is 5.89. The highest BCUT2D eigenvalue weighted by atomic mass is 16.2. The fourth-order valence-corrected chi connectivity index (χ4v) is 2.84.